The highest BCUT2D eigenvalue weighted by Crippen LogP contribution is 2.27. The Bertz CT molecular complexity index is 307. The first-order valence-corrected chi connectivity index (χ1v) is 6.96. The third-order valence-electron chi connectivity index (χ3n) is 2.66. The summed E-state index contributed by atoms with van der Waals surface area (Å²) < 4.78 is 21.2. The van der Waals surface area contributed by atoms with E-state index in [1.807, 2.05) is 0 Å². The molecular formula is C9H18N2O3S. The van der Waals surface area contributed by atoms with Gasteiger partial charge in [0, 0.05) is 13.0 Å². The molecule has 0 unspecified atom stereocenters. The van der Waals surface area contributed by atoms with Crippen LogP contribution in [-0.2, 0) is 14.8 Å². The molecule has 3 N–H and O–H groups in total. The van der Waals surface area contributed by atoms with Crippen molar-refractivity contribution in [2.45, 2.75) is 32.1 Å². The van der Waals surface area contributed by atoms with E-state index in [0.29, 0.717) is 12.3 Å². The van der Waals surface area contributed by atoms with Crippen LogP contribution in [0.1, 0.15) is 32.1 Å². The maximum absolute atomic E-state index is 11.3. The lowest BCUT2D eigenvalue weighted by atomic mass is 10.0. The minimum atomic E-state index is -3.46. The second-order valence-electron chi connectivity index (χ2n) is 4.07. The average Bonchev–Trinajstić information content (AvgIpc) is 2.54. The van der Waals surface area contributed by atoms with E-state index >= 15 is 0 Å². The number of primary sulfonamides is 1. The minimum Gasteiger partial charge on any atom is -0.355 e. The smallest absolute Gasteiger partial charge is 0.220 e. The van der Waals surface area contributed by atoms with Crippen LogP contribution in [0.25, 0.3) is 0 Å². The Hall–Kier alpha value is -0.620. The van der Waals surface area contributed by atoms with Crippen molar-refractivity contribution in [2.24, 2.45) is 11.1 Å². The molecular weight excluding hydrogens is 216 g/mol. The number of nitrogens with two attached hydrogens (primary N) is 1. The van der Waals surface area contributed by atoms with Gasteiger partial charge < -0.3 is 5.32 Å². The quantitative estimate of drug-likeness (QED) is 0.700. The SMILES string of the molecule is NS(=O)(=O)CCNC(=O)CC1CCCC1. The predicted octanol–water partition coefficient (Wildman–Crippen LogP) is -0.0286. The number of amides is 1. The van der Waals surface area contributed by atoms with Crippen LogP contribution in [0.5, 0.6) is 0 Å². The maximum Gasteiger partial charge on any atom is 0.220 e. The highest BCUT2D eigenvalue weighted by Gasteiger charge is 2.18. The van der Waals surface area contributed by atoms with Gasteiger partial charge in [0.25, 0.3) is 0 Å². The number of rotatable bonds is 5. The van der Waals surface area contributed by atoms with Gasteiger partial charge in [-0.25, -0.2) is 13.6 Å². The summed E-state index contributed by atoms with van der Waals surface area (Å²) >= 11 is 0. The number of hydrogen-bond acceptors (Lipinski definition) is 3. The molecule has 6 heteroatoms. The van der Waals surface area contributed by atoms with E-state index in [1.54, 1.807) is 0 Å². The number of hydrogen-bond donors (Lipinski definition) is 2. The normalized spacial score (nSPS) is 17.9. The van der Waals surface area contributed by atoms with Gasteiger partial charge in [0.1, 0.15) is 0 Å². The fraction of sp³-hybridized carbons (Fsp3) is 0.889. The van der Waals surface area contributed by atoms with E-state index < -0.39 is 10.0 Å². The minimum absolute atomic E-state index is 0.0643. The molecule has 0 saturated heterocycles. The van der Waals surface area contributed by atoms with E-state index in [2.05, 4.69) is 5.32 Å². The summed E-state index contributed by atoms with van der Waals surface area (Å²) in [5.41, 5.74) is 0. The van der Waals surface area contributed by atoms with Gasteiger partial charge in [0.15, 0.2) is 0 Å². The molecule has 0 heterocycles. The highest BCUT2D eigenvalue weighted by molar-refractivity contribution is 7.89. The number of carbonyl (C=O) groups excluding carboxylic acids is 1. The first kappa shape index (κ1) is 12.4. The van der Waals surface area contributed by atoms with Crippen molar-refractivity contribution < 1.29 is 13.2 Å². The molecule has 0 atom stereocenters. The first-order valence-electron chi connectivity index (χ1n) is 5.24. The van der Waals surface area contributed by atoms with E-state index in [0.717, 1.165) is 12.8 Å². The zero-order valence-corrected chi connectivity index (χ0v) is 9.55. The molecule has 1 fully saturated rings. The van der Waals surface area contributed by atoms with Crippen molar-refractivity contribution in [2.75, 3.05) is 12.3 Å². The zero-order chi connectivity index (χ0) is 11.3. The van der Waals surface area contributed by atoms with Crippen molar-refractivity contribution in [1.29, 1.82) is 0 Å². The van der Waals surface area contributed by atoms with Gasteiger partial charge in [-0.2, -0.15) is 0 Å². The summed E-state index contributed by atoms with van der Waals surface area (Å²) in [6.45, 7) is 0.115. The van der Waals surface area contributed by atoms with Crippen LogP contribution in [-0.4, -0.2) is 26.6 Å². The summed E-state index contributed by atoms with van der Waals surface area (Å²) in [4.78, 5) is 11.3. The summed E-state index contributed by atoms with van der Waals surface area (Å²) in [6, 6.07) is 0. The fourth-order valence-electron chi connectivity index (χ4n) is 1.88. The lowest BCUT2D eigenvalue weighted by Crippen LogP contribution is -2.32. The summed E-state index contributed by atoms with van der Waals surface area (Å²) in [7, 11) is -3.46. The van der Waals surface area contributed by atoms with Crippen LogP contribution >= 0.6 is 0 Å². The van der Waals surface area contributed by atoms with Crippen molar-refractivity contribution >= 4 is 15.9 Å². The predicted molar refractivity (Wildman–Crippen MR) is 57.6 cm³/mol. The number of carbonyl (C=O) groups is 1. The molecule has 1 aliphatic carbocycles. The Morgan fingerprint density at radius 2 is 1.93 bits per heavy atom. The van der Waals surface area contributed by atoms with Crippen LogP contribution in [0.15, 0.2) is 0 Å². The standard InChI is InChI=1S/C9H18N2O3S/c10-15(13,14)6-5-11-9(12)7-8-3-1-2-4-8/h8H,1-7H2,(H,11,12)(H2,10,13,14). The molecule has 1 saturated carbocycles. The molecule has 15 heavy (non-hydrogen) atoms. The molecule has 5 nitrogen and oxygen atoms in total. The lowest BCUT2D eigenvalue weighted by molar-refractivity contribution is -0.121. The molecule has 0 radical (unpaired) electrons. The Balaban J connectivity index is 2.13. The van der Waals surface area contributed by atoms with Gasteiger partial charge in [0.2, 0.25) is 15.9 Å². The van der Waals surface area contributed by atoms with Gasteiger partial charge in [-0.05, 0) is 18.8 Å². The van der Waals surface area contributed by atoms with Crippen LogP contribution < -0.4 is 10.5 Å². The third kappa shape index (κ3) is 5.74. The van der Waals surface area contributed by atoms with Crippen molar-refractivity contribution in [1.82, 2.24) is 5.32 Å². The van der Waals surface area contributed by atoms with Crippen LogP contribution in [0, 0.1) is 5.92 Å². The Morgan fingerprint density at radius 3 is 2.47 bits per heavy atom. The highest BCUT2D eigenvalue weighted by atomic mass is 32.2. The number of nitrogens with one attached hydrogen (secondary N) is 1. The monoisotopic (exact) mass is 234 g/mol. The second kappa shape index (κ2) is 5.46. The molecule has 1 amide bonds. The van der Waals surface area contributed by atoms with Crippen molar-refractivity contribution in [3.05, 3.63) is 0 Å². The molecule has 1 rings (SSSR count). The van der Waals surface area contributed by atoms with E-state index in [1.165, 1.54) is 12.8 Å². The van der Waals surface area contributed by atoms with Gasteiger partial charge in [-0.3, -0.25) is 4.79 Å². The molecule has 0 bridgehead atoms. The van der Waals surface area contributed by atoms with Gasteiger partial charge in [-0.15, -0.1) is 0 Å². The van der Waals surface area contributed by atoms with E-state index in [9.17, 15) is 13.2 Å². The molecule has 0 spiro atoms. The van der Waals surface area contributed by atoms with Gasteiger partial charge in [0.05, 0.1) is 5.75 Å². The summed E-state index contributed by atoms with van der Waals surface area (Å²) in [6.07, 6.45) is 5.15. The topological polar surface area (TPSA) is 89.3 Å². The molecule has 0 aromatic heterocycles. The first-order chi connectivity index (χ1) is 6.97. The molecule has 0 aliphatic heterocycles. The van der Waals surface area contributed by atoms with E-state index in [4.69, 9.17) is 5.14 Å². The Labute approximate surface area is 90.5 Å². The number of sulfonamides is 1. The Kier molecular flexibility index (Phi) is 4.53. The molecule has 0 aromatic carbocycles. The van der Waals surface area contributed by atoms with Crippen LogP contribution in [0.3, 0.4) is 0 Å². The van der Waals surface area contributed by atoms with Crippen molar-refractivity contribution in [3.8, 4) is 0 Å². The van der Waals surface area contributed by atoms with Gasteiger partial charge >= 0.3 is 0 Å². The van der Waals surface area contributed by atoms with Crippen LogP contribution in [0.2, 0.25) is 0 Å². The molecule has 1 aliphatic rings. The average molecular weight is 234 g/mol. The second-order valence-corrected chi connectivity index (χ2v) is 5.81. The molecule has 88 valence electrons. The maximum atomic E-state index is 11.3. The molecule has 0 aromatic rings. The zero-order valence-electron chi connectivity index (χ0n) is 8.74. The van der Waals surface area contributed by atoms with E-state index in [-0.39, 0.29) is 18.2 Å². The third-order valence-corrected chi connectivity index (χ3v) is 3.43. The van der Waals surface area contributed by atoms with Crippen molar-refractivity contribution in [3.63, 3.8) is 0 Å². The van der Waals surface area contributed by atoms with Gasteiger partial charge in [-0.1, -0.05) is 12.8 Å². The lowest BCUT2D eigenvalue weighted by Gasteiger charge is -2.08. The summed E-state index contributed by atoms with van der Waals surface area (Å²) in [5, 5.41) is 7.37. The fourth-order valence-corrected chi connectivity index (χ4v) is 2.27. The Morgan fingerprint density at radius 1 is 1.33 bits per heavy atom. The van der Waals surface area contributed by atoms with Crippen LogP contribution in [0.4, 0.5) is 0 Å². The largest absolute Gasteiger partial charge is 0.355 e. The summed E-state index contributed by atoms with van der Waals surface area (Å²) in [5.74, 6) is 0.230.